The highest BCUT2D eigenvalue weighted by Crippen LogP contribution is 2.30. The lowest BCUT2D eigenvalue weighted by Gasteiger charge is -2.06. The number of thiazole rings is 1. The third-order valence-electron chi connectivity index (χ3n) is 2.27. The molecule has 9 heteroatoms. The summed E-state index contributed by atoms with van der Waals surface area (Å²) in [7, 11) is 1.32. The molecule has 0 spiro atoms. The molecule has 0 bridgehead atoms. The van der Waals surface area contributed by atoms with E-state index in [0.717, 1.165) is 10.7 Å². The van der Waals surface area contributed by atoms with Gasteiger partial charge in [0.05, 0.1) is 29.3 Å². The third-order valence-corrected chi connectivity index (χ3v) is 3.09. The molecule has 0 unspecified atom stereocenters. The fourth-order valence-corrected chi connectivity index (χ4v) is 2.08. The topological polar surface area (TPSA) is 103 Å². The molecule has 19 heavy (non-hydrogen) atoms. The molecule has 2 rings (SSSR count). The van der Waals surface area contributed by atoms with Crippen molar-refractivity contribution in [2.45, 2.75) is 13.5 Å². The van der Waals surface area contributed by atoms with Crippen molar-refractivity contribution in [2.24, 2.45) is 0 Å². The number of nitrogens with zero attached hydrogens (tertiary/aromatic N) is 4. The Morgan fingerprint density at radius 3 is 2.89 bits per heavy atom. The SMILES string of the molecule is COc1ncnc(NCc2csc(C)n2)c1[N+](=O)[O-]. The molecule has 100 valence electrons. The second-order valence-electron chi connectivity index (χ2n) is 3.55. The number of methoxy groups -OCH3 is 1. The highest BCUT2D eigenvalue weighted by Gasteiger charge is 2.23. The van der Waals surface area contributed by atoms with E-state index >= 15 is 0 Å². The van der Waals surface area contributed by atoms with Crippen LogP contribution in [0.5, 0.6) is 5.88 Å². The van der Waals surface area contributed by atoms with Crippen molar-refractivity contribution in [1.29, 1.82) is 0 Å². The quantitative estimate of drug-likeness (QED) is 0.658. The van der Waals surface area contributed by atoms with Crippen molar-refractivity contribution in [1.82, 2.24) is 15.0 Å². The largest absolute Gasteiger partial charge is 0.476 e. The summed E-state index contributed by atoms with van der Waals surface area (Å²) >= 11 is 1.52. The summed E-state index contributed by atoms with van der Waals surface area (Å²) in [6.07, 6.45) is 1.21. The van der Waals surface area contributed by atoms with Crippen molar-refractivity contribution >= 4 is 22.8 Å². The lowest BCUT2D eigenvalue weighted by Crippen LogP contribution is -2.07. The average Bonchev–Trinajstić information content (AvgIpc) is 2.81. The fraction of sp³-hybridized carbons (Fsp3) is 0.300. The Kier molecular flexibility index (Phi) is 3.85. The smallest absolute Gasteiger partial charge is 0.372 e. The molecule has 2 aromatic rings. The zero-order chi connectivity index (χ0) is 13.8. The van der Waals surface area contributed by atoms with Crippen LogP contribution in [0.2, 0.25) is 0 Å². The maximum absolute atomic E-state index is 11.0. The lowest BCUT2D eigenvalue weighted by molar-refractivity contribution is -0.385. The molecular formula is C10H11N5O3S. The standard InChI is InChI=1S/C10H11N5O3S/c1-6-14-7(4-19-6)3-11-9-8(15(16)17)10(18-2)13-5-12-9/h4-5H,3H2,1-2H3,(H,11,12,13). The zero-order valence-electron chi connectivity index (χ0n) is 10.3. The molecule has 0 aromatic carbocycles. The van der Waals surface area contributed by atoms with Crippen LogP contribution in [0.25, 0.3) is 0 Å². The predicted molar refractivity (Wildman–Crippen MR) is 69.4 cm³/mol. The Morgan fingerprint density at radius 2 is 2.32 bits per heavy atom. The van der Waals surface area contributed by atoms with E-state index in [2.05, 4.69) is 20.3 Å². The van der Waals surface area contributed by atoms with Gasteiger partial charge in [0, 0.05) is 5.38 Å². The van der Waals surface area contributed by atoms with Gasteiger partial charge in [0.25, 0.3) is 5.88 Å². The first-order chi connectivity index (χ1) is 9.11. The number of rotatable bonds is 5. The third kappa shape index (κ3) is 2.94. The molecule has 0 saturated heterocycles. The lowest BCUT2D eigenvalue weighted by atomic mass is 10.4. The van der Waals surface area contributed by atoms with Crippen molar-refractivity contribution < 1.29 is 9.66 Å². The maximum Gasteiger partial charge on any atom is 0.372 e. The Morgan fingerprint density at radius 1 is 1.53 bits per heavy atom. The number of anilines is 1. The maximum atomic E-state index is 11.0. The molecule has 8 nitrogen and oxygen atoms in total. The van der Waals surface area contributed by atoms with E-state index < -0.39 is 4.92 Å². The molecule has 0 atom stereocenters. The van der Waals surface area contributed by atoms with Gasteiger partial charge in [-0.15, -0.1) is 11.3 Å². The van der Waals surface area contributed by atoms with Gasteiger partial charge in [-0.2, -0.15) is 4.98 Å². The van der Waals surface area contributed by atoms with E-state index in [0.29, 0.717) is 6.54 Å². The minimum absolute atomic E-state index is 0.0723. The van der Waals surface area contributed by atoms with Gasteiger partial charge in [0.15, 0.2) is 0 Å². The Hall–Kier alpha value is -2.29. The first-order valence-electron chi connectivity index (χ1n) is 5.30. The molecule has 0 radical (unpaired) electrons. The predicted octanol–water partition coefficient (Wildman–Crippen LogP) is 1.77. The molecular weight excluding hydrogens is 270 g/mol. The normalized spacial score (nSPS) is 10.2. The van der Waals surface area contributed by atoms with Crippen LogP contribution in [-0.4, -0.2) is 27.0 Å². The fourth-order valence-electron chi connectivity index (χ4n) is 1.47. The number of hydrogen-bond donors (Lipinski definition) is 1. The number of nitrogens with one attached hydrogen (secondary N) is 1. The van der Waals surface area contributed by atoms with Crippen molar-refractivity contribution in [2.75, 3.05) is 12.4 Å². The first-order valence-corrected chi connectivity index (χ1v) is 6.18. The van der Waals surface area contributed by atoms with E-state index in [1.54, 1.807) is 0 Å². The Bertz CT molecular complexity index is 601. The van der Waals surface area contributed by atoms with E-state index in [1.807, 2.05) is 12.3 Å². The molecule has 0 aliphatic carbocycles. The summed E-state index contributed by atoms with van der Waals surface area (Å²) in [6, 6.07) is 0. The van der Waals surface area contributed by atoms with Crippen molar-refractivity contribution in [3.63, 3.8) is 0 Å². The summed E-state index contributed by atoms with van der Waals surface area (Å²) in [5, 5.41) is 16.7. The van der Waals surface area contributed by atoms with E-state index in [1.165, 1.54) is 24.8 Å². The highest BCUT2D eigenvalue weighted by atomic mass is 32.1. The number of nitro groups is 1. The average molecular weight is 281 g/mol. The van der Waals surface area contributed by atoms with Crippen LogP contribution in [0.15, 0.2) is 11.7 Å². The molecule has 0 aliphatic rings. The second kappa shape index (κ2) is 5.57. The van der Waals surface area contributed by atoms with Gasteiger partial charge in [0.2, 0.25) is 5.82 Å². The monoisotopic (exact) mass is 281 g/mol. The van der Waals surface area contributed by atoms with E-state index in [4.69, 9.17) is 4.74 Å². The minimum Gasteiger partial charge on any atom is -0.476 e. The molecule has 0 amide bonds. The van der Waals surface area contributed by atoms with E-state index in [9.17, 15) is 10.1 Å². The van der Waals surface area contributed by atoms with Gasteiger partial charge >= 0.3 is 5.69 Å². The van der Waals surface area contributed by atoms with Crippen molar-refractivity contribution in [3.05, 3.63) is 32.5 Å². The van der Waals surface area contributed by atoms with Crippen LogP contribution < -0.4 is 10.1 Å². The van der Waals surface area contributed by atoms with Gasteiger partial charge in [-0.05, 0) is 6.92 Å². The van der Waals surface area contributed by atoms with Gasteiger partial charge in [-0.3, -0.25) is 10.1 Å². The van der Waals surface area contributed by atoms with Crippen LogP contribution in [0.1, 0.15) is 10.7 Å². The number of hydrogen-bond acceptors (Lipinski definition) is 8. The molecule has 2 aromatic heterocycles. The Balaban J connectivity index is 2.22. The number of aromatic nitrogens is 3. The minimum atomic E-state index is -0.576. The summed E-state index contributed by atoms with van der Waals surface area (Å²) in [6.45, 7) is 2.25. The van der Waals surface area contributed by atoms with Crippen LogP contribution in [0.3, 0.4) is 0 Å². The van der Waals surface area contributed by atoms with Gasteiger partial charge in [-0.1, -0.05) is 0 Å². The number of aryl methyl sites for hydroxylation is 1. The molecule has 0 saturated carbocycles. The molecule has 0 aliphatic heterocycles. The number of ether oxygens (including phenoxy) is 1. The van der Waals surface area contributed by atoms with Gasteiger partial charge < -0.3 is 10.1 Å². The summed E-state index contributed by atoms with van der Waals surface area (Å²) in [5.74, 6) is 0.0412. The van der Waals surface area contributed by atoms with Crippen LogP contribution >= 0.6 is 11.3 Å². The molecule has 0 fully saturated rings. The molecule has 2 heterocycles. The summed E-state index contributed by atoms with van der Waals surface area (Å²) < 4.78 is 4.86. The van der Waals surface area contributed by atoms with Crippen LogP contribution in [0.4, 0.5) is 11.5 Å². The van der Waals surface area contributed by atoms with Gasteiger partial charge in [-0.25, -0.2) is 9.97 Å². The van der Waals surface area contributed by atoms with Crippen LogP contribution in [0, 0.1) is 17.0 Å². The van der Waals surface area contributed by atoms with Crippen LogP contribution in [-0.2, 0) is 6.54 Å². The molecule has 1 N–H and O–H groups in total. The van der Waals surface area contributed by atoms with Gasteiger partial charge in [0.1, 0.15) is 6.33 Å². The second-order valence-corrected chi connectivity index (χ2v) is 4.61. The van der Waals surface area contributed by atoms with Crippen molar-refractivity contribution in [3.8, 4) is 5.88 Å². The first kappa shape index (κ1) is 13.1. The Labute approximate surface area is 112 Å². The highest BCUT2D eigenvalue weighted by molar-refractivity contribution is 7.09. The summed E-state index contributed by atoms with van der Waals surface area (Å²) in [5.41, 5.74) is 0.520. The zero-order valence-corrected chi connectivity index (χ0v) is 11.1. The summed E-state index contributed by atoms with van der Waals surface area (Å²) in [4.78, 5) is 22.3. The van der Waals surface area contributed by atoms with E-state index in [-0.39, 0.29) is 17.4 Å².